The maximum atomic E-state index is 12.4. The zero-order valence-corrected chi connectivity index (χ0v) is 10.5. The molecule has 2 aromatic rings. The molecule has 19 heavy (non-hydrogen) atoms. The summed E-state index contributed by atoms with van der Waals surface area (Å²) in [6.45, 7) is 0. The van der Waals surface area contributed by atoms with Crippen LogP contribution in [0.4, 0.5) is 8.78 Å². The van der Waals surface area contributed by atoms with Crippen LogP contribution in [-0.2, 0) is 0 Å². The molecule has 0 fully saturated rings. The predicted molar refractivity (Wildman–Crippen MR) is 70.9 cm³/mol. The molecule has 2 rings (SSSR count). The van der Waals surface area contributed by atoms with Gasteiger partial charge in [0, 0.05) is 6.20 Å². The van der Waals surface area contributed by atoms with Crippen LogP contribution in [-0.4, -0.2) is 14.7 Å². The quantitative estimate of drug-likeness (QED) is 0.855. The molecule has 0 saturated heterocycles. The first-order valence-electron chi connectivity index (χ1n) is 5.34. The van der Waals surface area contributed by atoms with Gasteiger partial charge in [-0.25, -0.2) is 13.8 Å². The first kappa shape index (κ1) is 13.3. The maximum absolute atomic E-state index is 12.4. The molecule has 0 bridgehead atoms. The fourth-order valence-corrected chi connectivity index (χ4v) is 1.62. The van der Waals surface area contributed by atoms with E-state index < -0.39 is 6.43 Å². The molecular formula is C12H10F2N4S. The highest BCUT2D eigenvalue weighted by molar-refractivity contribution is 7.80. The third-order valence-electron chi connectivity index (χ3n) is 2.34. The summed E-state index contributed by atoms with van der Waals surface area (Å²) in [6.07, 6.45) is 0.478. The maximum Gasteiger partial charge on any atom is 0.280 e. The average Bonchev–Trinajstić information content (AvgIpc) is 2.39. The summed E-state index contributed by atoms with van der Waals surface area (Å²) in [4.78, 5) is 7.69. The van der Waals surface area contributed by atoms with E-state index in [1.54, 1.807) is 29.0 Å². The smallest absolute Gasteiger partial charge is 0.280 e. The van der Waals surface area contributed by atoms with E-state index in [9.17, 15) is 8.78 Å². The van der Waals surface area contributed by atoms with Crippen molar-refractivity contribution in [2.24, 2.45) is 10.7 Å². The SMILES string of the molecule is NC(=S)N=c1ccccn1-c1ccc(C(F)F)nc1. The van der Waals surface area contributed by atoms with Crippen molar-refractivity contribution in [3.63, 3.8) is 0 Å². The summed E-state index contributed by atoms with van der Waals surface area (Å²) < 4.78 is 26.5. The Morgan fingerprint density at radius 3 is 2.68 bits per heavy atom. The van der Waals surface area contributed by atoms with Gasteiger partial charge in [-0.2, -0.15) is 0 Å². The van der Waals surface area contributed by atoms with E-state index in [-0.39, 0.29) is 10.8 Å². The zero-order valence-electron chi connectivity index (χ0n) is 9.70. The summed E-state index contributed by atoms with van der Waals surface area (Å²) in [5, 5.41) is -0.00268. The van der Waals surface area contributed by atoms with Crippen molar-refractivity contribution in [1.82, 2.24) is 9.55 Å². The number of pyridine rings is 2. The standard InChI is InChI=1S/C12H10F2N4S/c13-11(14)9-5-4-8(7-16-9)18-6-2-1-3-10(18)17-12(15)19/h1-7,11H,(H2,15,19). The molecule has 0 aliphatic heterocycles. The Balaban J connectivity index is 2.50. The fraction of sp³-hybridized carbons (Fsp3) is 0.0833. The van der Waals surface area contributed by atoms with Gasteiger partial charge >= 0.3 is 0 Å². The molecule has 0 aliphatic carbocycles. The molecule has 2 N–H and O–H groups in total. The molecule has 4 nitrogen and oxygen atoms in total. The van der Waals surface area contributed by atoms with Crippen molar-refractivity contribution < 1.29 is 8.78 Å². The number of aromatic nitrogens is 2. The Labute approximate surface area is 113 Å². The lowest BCUT2D eigenvalue weighted by atomic mass is 10.3. The van der Waals surface area contributed by atoms with Crippen LogP contribution in [0.2, 0.25) is 0 Å². The molecule has 2 aromatic heterocycles. The minimum Gasteiger partial charge on any atom is -0.374 e. The number of rotatable bonds is 2. The van der Waals surface area contributed by atoms with Gasteiger partial charge in [0.05, 0.1) is 11.9 Å². The normalized spacial score (nSPS) is 11.8. The van der Waals surface area contributed by atoms with Crippen molar-refractivity contribution >= 4 is 17.3 Å². The van der Waals surface area contributed by atoms with Crippen molar-refractivity contribution in [1.29, 1.82) is 0 Å². The van der Waals surface area contributed by atoms with Gasteiger partial charge in [0.25, 0.3) is 6.43 Å². The van der Waals surface area contributed by atoms with E-state index >= 15 is 0 Å². The third kappa shape index (κ3) is 3.19. The van der Waals surface area contributed by atoms with Crippen molar-refractivity contribution in [2.45, 2.75) is 6.43 Å². The third-order valence-corrected chi connectivity index (χ3v) is 2.43. The summed E-state index contributed by atoms with van der Waals surface area (Å²) >= 11 is 4.73. The second kappa shape index (κ2) is 5.66. The first-order chi connectivity index (χ1) is 9.08. The zero-order chi connectivity index (χ0) is 13.8. The van der Waals surface area contributed by atoms with E-state index in [1.807, 2.05) is 0 Å². The predicted octanol–water partition coefficient (Wildman–Crippen LogP) is 1.95. The van der Waals surface area contributed by atoms with E-state index in [0.29, 0.717) is 11.2 Å². The Bertz CT molecular complexity index is 649. The Morgan fingerprint density at radius 2 is 2.11 bits per heavy atom. The Hall–Kier alpha value is -2.15. The lowest BCUT2D eigenvalue weighted by Gasteiger charge is -2.07. The van der Waals surface area contributed by atoms with Gasteiger partial charge in [-0.3, -0.25) is 4.98 Å². The van der Waals surface area contributed by atoms with E-state index in [1.165, 1.54) is 18.3 Å². The van der Waals surface area contributed by atoms with Crippen LogP contribution in [0.15, 0.2) is 47.7 Å². The minimum absolute atomic E-state index is 0.00268. The lowest BCUT2D eigenvalue weighted by molar-refractivity contribution is 0.146. The lowest BCUT2D eigenvalue weighted by Crippen LogP contribution is -2.21. The Kier molecular flexibility index (Phi) is 3.96. The van der Waals surface area contributed by atoms with Crippen LogP contribution in [0.25, 0.3) is 5.69 Å². The van der Waals surface area contributed by atoms with E-state index in [2.05, 4.69) is 9.98 Å². The fourth-order valence-electron chi connectivity index (χ4n) is 1.53. The summed E-state index contributed by atoms with van der Waals surface area (Å²) in [6, 6.07) is 8.06. The second-order valence-corrected chi connectivity index (χ2v) is 4.04. The van der Waals surface area contributed by atoms with Gasteiger partial charge in [0.2, 0.25) is 0 Å². The van der Waals surface area contributed by atoms with Crippen LogP contribution in [0, 0.1) is 0 Å². The number of hydrogen-bond donors (Lipinski definition) is 1. The van der Waals surface area contributed by atoms with Crippen molar-refractivity contribution in [3.8, 4) is 5.69 Å². The van der Waals surface area contributed by atoms with Crippen LogP contribution in [0.1, 0.15) is 12.1 Å². The van der Waals surface area contributed by atoms with E-state index in [0.717, 1.165) is 0 Å². The molecular weight excluding hydrogens is 270 g/mol. The monoisotopic (exact) mass is 280 g/mol. The number of alkyl halides is 2. The van der Waals surface area contributed by atoms with Crippen molar-refractivity contribution in [3.05, 3.63) is 53.9 Å². The number of hydrogen-bond acceptors (Lipinski definition) is 2. The van der Waals surface area contributed by atoms with Gasteiger partial charge in [0.15, 0.2) is 5.11 Å². The average molecular weight is 280 g/mol. The van der Waals surface area contributed by atoms with Crippen LogP contribution in [0.5, 0.6) is 0 Å². The van der Waals surface area contributed by atoms with E-state index in [4.69, 9.17) is 18.0 Å². The molecule has 0 saturated carbocycles. The van der Waals surface area contributed by atoms with Gasteiger partial charge < -0.3 is 10.3 Å². The number of thiocarbonyl (C=S) groups is 1. The first-order valence-corrected chi connectivity index (χ1v) is 5.75. The number of nitrogens with zero attached hydrogens (tertiary/aromatic N) is 3. The molecule has 0 aromatic carbocycles. The van der Waals surface area contributed by atoms with Crippen LogP contribution in [0.3, 0.4) is 0 Å². The molecule has 0 aliphatic rings. The number of nitrogens with two attached hydrogens (primary N) is 1. The summed E-state index contributed by atoms with van der Waals surface area (Å²) in [7, 11) is 0. The van der Waals surface area contributed by atoms with Crippen LogP contribution < -0.4 is 11.2 Å². The second-order valence-electron chi connectivity index (χ2n) is 3.62. The van der Waals surface area contributed by atoms with Crippen LogP contribution >= 0.6 is 12.2 Å². The molecule has 0 atom stereocenters. The molecule has 0 unspecified atom stereocenters. The van der Waals surface area contributed by atoms with Gasteiger partial charge in [0.1, 0.15) is 11.2 Å². The van der Waals surface area contributed by atoms with Gasteiger partial charge in [-0.05, 0) is 36.5 Å². The summed E-state index contributed by atoms with van der Waals surface area (Å²) in [5.41, 5.74) is 6.20. The highest BCUT2D eigenvalue weighted by Gasteiger charge is 2.08. The minimum atomic E-state index is -2.59. The topological polar surface area (TPSA) is 56.2 Å². The largest absolute Gasteiger partial charge is 0.374 e. The van der Waals surface area contributed by atoms with Crippen molar-refractivity contribution in [2.75, 3.05) is 0 Å². The van der Waals surface area contributed by atoms with Gasteiger partial charge in [-0.15, -0.1) is 0 Å². The molecule has 0 amide bonds. The highest BCUT2D eigenvalue weighted by Crippen LogP contribution is 2.16. The molecule has 98 valence electrons. The van der Waals surface area contributed by atoms with Gasteiger partial charge in [-0.1, -0.05) is 6.07 Å². The number of halogens is 2. The molecule has 0 radical (unpaired) electrons. The highest BCUT2D eigenvalue weighted by atomic mass is 32.1. The molecule has 0 spiro atoms. The Morgan fingerprint density at radius 1 is 1.32 bits per heavy atom. The summed E-state index contributed by atoms with van der Waals surface area (Å²) in [5.74, 6) is 0. The molecule has 7 heteroatoms. The molecule has 2 heterocycles.